The topological polar surface area (TPSA) is 70.6 Å². The number of anilines is 1. The maximum atomic E-state index is 13.6. The van der Waals surface area contributed by atoms with E-state index in [0.717, 1.165) is 29.2 Å². The second-order valence-corrected chi connectivity index (χ2v) is 12.8. The summed E-state index contributed by atoms with van der Waals surface area (Å²) in [7, 11) is -3.32. The molecule has 3 rings (SSSR count). The van der Waals surface area contributed by atoms with Crippen molar-refractivity contribution in [2.24, 2.45) is 0 Å². The lowest BCUT2D eigenvalue weighted by molar-refractivity contribution is 0.0983. The number of amides is 1. The zero-order valence-electron chi connectivity index (χ0n) is 20.1. The van der Waals surface area contributed by atoms with Gasteiger partial charge in [0, 0.05) is 35.1 Å². The van der Waals surface area contributed by atoms with Crippen LogP contribution in [0.25, 0.3) is 10.2 Å². The van der Waals surface area contributed by atoms with Gasteiger partial charge in [-0.25, -0.2) is 13.4 Å². The Bertz CT molecular complexity index is 1220. The third-order valence-electron chi connectivity index (χ3n) is 5.24. The van der Waals surface area contributed by atoms with Crippen molar-refractivity contribution in [2.75, 3.05) is 37.3 Å². The summed E-state index contributed by atoms with van der Waals surface area (Å²) < 4.78 is 24.7. The summed E-state index contributed by atoms with van der Waals surface area (Å²) in [6.45, 7) is 11.5. The van der Waals surface area contributed by atoms with Crippen molar-refractivity contribution >= 4 is 66.6 Å². The lowest BCUT2D eigenvalue weighted by atomic mass is 10.2. The largest absolute Gasteiger partial charge is 0.302 e. The fourth-order valence-corrected chi connectivity index (χ4v) is 6.08. The second-order valence-electron chi connectivity index (χ2n) is 8.08. The van der Waals surface area contributed by atoms with Crippen molar-refractivity contribution < 1.29 is 13.2 Å². The quantitative estimate of drug-likeness (QED) is 0.311. The molecule has 0 saturated heterocycles. The number of thioether (sulfide) groups is 1. The van der Waals surface area contributed by atoms with Gasteiger partial charge >= 0.3 is 0 Å². The Hall–Kier alpha value is -1.65. The number of benzene rings is 2. The minimum Gasteiger partial charge on any atom is -0.302 e. The lowest BCUT2D eigenvalue weighted by Crippen LogP contribution is -2.38. The van der Waals surface area contributed by atoms with Gasteiger partial charge in [-0.1, -0.05) is 45.1 Å². The number of carbonyl (C=O) groups is 1. The molecule has 0 aliphatic heterocycles. The van der Waals surface area contributed by atoms with Crippen LogP contribution in [-0.4, -0.2) is 61.9 Å². The van der Waals surface area contributed by atoms with E-state index in [1.807, 2.05) is 24.3 Å². The van der Waals surface area contributed by atoms with Crippen molar-refractivity contribution in [3.8, 4) is 0 Å². The Balaban J connectivity index is 0.00000408. The van der Waals surface area contributed by atoms with Crippen LogP contribution in [0.3, 0.4) is 0 Å². The molecule has 0 spiro atoms. The van der Waals surface area contributed by atoms with Crippen molar-refractivity contribution in [1.82, 2.24) is 9.88 Å². The van der Waals surface area contributed by atoms with Crippen LogP contribution in [0.5, 0.6) is 0 Å². The molecule has 0 aliphatic carbocycles. The summed E-state index contributed by atoms with van der Waals surface area (Å²) in [6, 6.07) is 12.6. The SMILES string of the molecule is CCN(CC)CCN(C(=O)c1cccc(SC(C)C)c1)c1nc2ccc(S(C)(=O)=O)cc2s1.Cl. The summed E-state index contributed by atoms with van der Waals surface area (Å²) in [5, 5.41) is 0.997. The number of nitrogens with zero attached hydrogens (tertiary/aromatic N) is 3. The molecular formula is C24H32ClN3O3S3. The molecule has 1 amide bonds. The highest BCUT2D eigenvalue weighted by atomic mass is 35.5. The Labute approximate surface area is 217 Å². The molecule has 0 bridgehead atoms. The van der Waals surface area contributed by atoms with Gasteiger partial charge in [-0.15, -0.1) is 24.2 Å². The third-order valence-corrected chi connectivity index (χ3v) is 8.39. The van der Waals surface area contributed by atoms with Crippen LogP contribution in [-0.2, 0) is 9.84 Å². The molecule has 0 unspecified atom stereocenters. The van der Waals surface area contributed by atoms with E-state index < -0.39 is 9.84 Å². The normalized spacial score (nSPS) is 11.7. The molecule has 0 aliphatic rings. The predicted octanol–water partition coefficient (Wildman–Crippen LogP) is 5.61. The smallest absolute Gasteiger partial charge is 0.260 e. The van der Waals surface area contributed by atoms with E-state index >= 15 is 0 Å². The first-order valence-electron chi connectivity index (χ1n) is 11.0. The zero-order chi connectivity index (χ0) is 24.2. The second kappa shape index (κ2) is 12.4. The third kappa shape index (κ3) is 7.18. The summed E-state index contributed by atoms with van der Waals surface area (Å²) in [5.74, 6) is -0.101. The number of hydrogen-bond acceptors (Lipinski definition) is 7. The summed E-state index contributed by atoms with van der Waals surface area (Å²) in [4.78, 5) is 23.6. The van der Waals surface area contributed by atoms with E-state index in [-0.39, 0.29) is 23.2 Å². The Morgan fingerprint density at radius 3 is 2.41 bits per heavy atom. The molecule has 3 aromatic rings. The van der Waals surface area contributed by atoms with E-state index in [1.165, 1.54) is 17.6 Å². The van der Waals surface area contributed by atoms with Gasteiger partial charge in [0.15, 0.2) is 15.0 Å². The van der Waals surface area contributed by atoms with Crippen LogP contribution in [0, 0.1) is 0 Å². The molecule has 6 nitrogen and oxygen atoms in total. The van der Waals surface area contributed by atoms with E-state index in [2.05, 4.69) is 37.6 Å². The predicted molar refractivity (Wildman–Crippen MR) is 147 cm³/mol. The van der Waals surface area contributed by atoms with E-state index in [4.69, 9.17) is 0 Å². The van der Waals surface area contributed by atoms with Crippen LogP contribution in [0.1, 0.15) is 38.1 Å². The zero-order valence-corrected chi connectivity index (χ0v) is 23.4. The van der Waals surface area contributed by atoms with Gasteiger partial charge in [0.25, 0.3) is 5.91 Å². The van der Waals surface area contributed by atoms with Crippen molar-refractivity contribution in [1.29, 1.82) is 0 Å². The lowest BCUT2D eigenvalue weighted by Gasteiger charge is -2.25. The van der Waals surface area contributed by atoms with E-state index in [0.29, 0.717) is 28.0 Å². The number of carbonyl (C=O) groups excluding carboxylic acids is 1. The molecule has 2 aromatic carbocycles. The number of sulfone groups is 1. The molecule has 0 fully saturated rings. The molecule has 34 heavy (non-hydrogen) atoms. The van der Waals surface area contributed by atoms with Crippen molar-refractivity contribution in [2.45, 2.75) is 42.7 Å². The first kappa shape index (κ1) is 28.6. The van der Waals surface area contributed by atoms with Crippen molar-refractivity contribution in [3.05, 3.63) is 48.0 Å². The van der Waals surface area contributed by atoms with Gasteiger partial charge in [0.2, 0.25) is 0 Å². The maximum absolute atomic E-state index is 13.6. The number of likely N-dealkylation sites (N-methyl/N-ethyl adjacent to an activating group) is 1. The Kier molecular flexibility index (Phi) is 10.4. The number of rotatable bonds is 10. The van der Waals surface area contributed by atoms with Crippen molar-refractivity contribution in [3.63, 3.8) is 0 Å². The minimum absolute atomic E-state index is 0. The Morgan fingerprint density at radius 1 is 1.09 bits per heavy atom. The van der Waals surface area contributed by atoms with E-state index in [9.17, 15) is 13.2 Å². The van der Waals surface area contributed by atoms with Crippen LogP contribution < -0.4 is 4.90 Å². The van der Waals surface area contributed by atoms with E-state index in [1.54, 1.807) is 34.9 Å². The molecule has 0 saturated carbocycles. The minimum atomic E-state index is -3.32. The highest BCUT2D eigenvalue weighted by Gasteiger charge is 2.23. The number of aromatic nitrogens is 1. The first-order valence-corrected chi connectivity index (χ1v) is 14.6. The summed E-state index contributed by atoms with van der Waals surface area (Å²) in [6.07, 6.45) is 1.19. The molecule has 1 heterocycles. The molecule has 10 heteroatoms. The molecule has 1 aromatic heterocycles. The summed E-state index contributed by atoms with van der Waals surface area (Å²) >= 11 is 3.07. The van der Waals surface area contributed by atoms with Crippen LogP contribution in [0.2, 0.25) is 0 Å². The molecule has 186 valence electrons. The van der Waals surface area contributed by atoms with Gasteiger partial charge in [0.1, 0.15) is 0 Å². The fourth-order valence-electron chi connectivity index (χ4n) is 3.43. The van der Waals surface area contributed by atoms with Gasteiger partial charge < -0.3 is 4.90 Å². The van der Waals surface area contributed by atoms with Crippen LogP contribution in [0.4, 0.5) is 5.13 Å². The number of halogens is 1. The fraction of sp³-hybridized carbons (Fsp3) is 0.417. The molecule has 0 atom stereocenters. The first-order chi connectivity index (χ1) is 15.6. The number of fused-ring (bicyclic) bond motifs is 1. The van der Waals surface area contributed by atoms with Gasteiger partial charge in [0.05, 0.1) is 15.1 Å². The highest BCUT2D eigenvalue weighted by molar-refractivity contribution is 7.99. The average molecular weight is 542 g/mol. The highest BCUT2D eigenvalue weighted by Crippen LogP contribution is 2.32. The van der Waals surface area contributed by atoms with Gasteiger partial charge in [-0.2, -0.15) is 0 Å². The maximum Gasteiger partial charge on any atom is 0.260 e. The molecule has 0 radical (unpaired) electrons. The number of thiazole rings is 1. The van der Waals surface area contributed by atoms with Crippen LogP contribution in [0.15, 0.2) is 52.3 Å². The van der Waals surface area contributed by atoms with Gasteiger partial charge in [-0.05, 0) is 49.5 Å². The van der Waals surface area contributed by atoms with Crippen LogP contribution >= 0.6 is 35.5 Å². The van der Waals surface area contributed by atoms with Gasteiger partial charge in [-0.3, -0.25) is 9.69 Å². The standard InChI is InChI=1S/C24H31N3O3S3.ClH/c1-6-26(7-2)13-14-27(23(28)18-9-8-10-19(15-18)31-17(3)4)24-25-21-12-11-20(33(5,29)30)16-22(21)32-24;/h8-12,15-17H,6-7,13-14H2,1-5H3;1H. The monoisotopic (exact) mass is 541 g/mol. The Morgan fingerprint density at radius 2 is 1.79 bits per heavy atom. The average Bonchev–Trinajstić information content (AvgIpc) is 3.18. The molecule has 0 N–H and O–H groups in total. The number of hydrogen-bond donors (Lipinski definition) is 0. The summed E-state index contributed by atoms with van der Waals surface area (Å²) in [5.41, 5.74) is 1.31. The molecular weight excluding hydrogens is 510 g/mol.